The fourth-order valence-corrected chi connectivity index (χ4v) is 6.82. The van der Waals surface area contributed by atoms with Gasteiger partial charge in [-0.2, -0.15) is 0 Å². The molecule has 1 unspecified atom stereocenters. The number of nitrogens with zero attached hydrogens (tertiary/aromatic N) is 1. The Kier molecular flexibility index (Phi) is 6.02. The Balaban J connectivity index is 1.28. The third-order valence-corrected chi connectivity index (χ3v) is 9.15. The molecule has 0 aliphatic heterocycles. The minimum Gasteiger partial charge on any atom is -0.456 e. The summed E-state index contributed by atoms with van der Waals surface area (Å²) in [5, 5.41) is 4.71. The number of rotatable bonds is 5. The molecule has 1 aromatic heterocycles. The summed E-state index contributed by atoms with van der Waals surface area (Å²) >= 11 is 0. The van der Waals surface area contributed by atoms with E-state index in [0.717, 1.165) is 33.1 Å². The van der Waals surface area contributed by atoms with Crippen LogP contribution in [0.25, 0.3) is 49.9 Å². The van der Waals surface area contributed by atoms with E-state index in [-0.39, 0.29) is 11.5 Å². The second-order valence-electron chi connectivity index (χ2n) is 12.2. The molecule has 1 atom stereocenters. The molecule has 0 fully saturated rings. The number of fused-ring (bicyclic) bond motifs is 7. The van der Waals surface area contributed by atoms with Gasteiger partial charge in [-0.1, -0.05) is 123 Å². The van der Waals surface area contributed by atoms with Gasteiger partial charge in [0.05, 0.1) is 6.04 Å². The Hall–Kier alpha value is -5.41. The Labute approximate surface area is 257 Å². The van der Waals surface area contributed by atoms with Crippen LogP contribution in [0.5, 0.6) is 0 Å². The second-order valence-corrected chi connectivity index (χ2v) is 12.2. The van der Waals surface area contributed by atoms with Gasteiger partial charge in [0.1, 0.15) is 17.0 Å². The summed E-state index contributed by atoms with van der Waals surface area (Å²) < 4.78 is 6.12. The Morgan fingerprint density at radius 1 is 0.705 bits per heavy atom. The highest BCUT2D eigenvalue weighted by Gasteiger charge is 2.36. The van der Waals surface area contributed by atoms with Gasteiger partial charge in [-0.15, -0.1) is 0 Å². The zero-order valence-corrected chi connectivity index (χ0v) is 24.8. The lowest BCUT2D eigenvalue weighted by Crippen LogP contribution is -2.15. The first-order chi connectivity index (χ1) is 21.5. The number of furan rings is 1. The van der Waals surface area contributed by atoms with Crippen molar-refractivity contribution in [2.24, 2.45) is 10.7 Å². The van der Waals surface area contributed by atoms with Gasteiger partial charge in [0.15, 0.2) is 0 Å². The quantitative estimate of drug-likeness (QED) is 0.166. The SMILES string of the molecule is CC1(C)c2cc3ccccc3cc2-c2c(/C=C/C(N=C(N)c3ccccc3)c3ccc4oc5ccccc5c4c3)cccc21. The molecule has 0 saturated carbocycles. The van der Waals surface area contributed by atoms with E-state index in [1.807, 2.05) is 54.6 Å². The van der Waals surface area contributed by atoms with Crippen LogP contribution >= 0.6 is 0 Å². The molecule has 1 aliphatic carbocycles. The lowest BCUT2D eigenvalue weighted by atomic mass is 9.81. The van der Waals surface area contributed by atoms with Crippen LogP contribution in [0.3, 0.4) is 0 Å². The lowest BCUT2D eigenvalue weighted by Gasteiger charge is -2.21. The molecule has 3 nitrogen and oxygen atoms in total. The van der Waals surface area contributed by atoms with Gasteiger partial charge in [-0.3, -0.25) is 4.99 Å². The fraction of sp³-hybridized carbons (Fsp3) is 0.0976. The van der Waals surface area contributed by atoms with Crippen LogP contribution in [-0.2, 0) is 5.41 Å². The van der Waals surface area contributed by atoms with Crippen LogP contribution in [0.1, 0.15) is 47.7 Å². The zero-order valence-electron chi connectivity index (χ0n) is 24.8. The van der Waals surface area contributed by atoms with Gasteiger partial charge >= 0.3 is 0 Å². The molecule has 8 rings (SSSR count). The summed E-state index contributed by atoms with van der Waals surface area (Å²) in [4.78, 5) is 5.09. The third kappa shape index (κ3) is 4.24. The monoisotopic (exact) mass is 568 g/mol. The first kappa shape index (κ1) is 26.2. The first-order valence-electron chi connectivity index (χ1n) is 15.1. The van der Waals surface area contributed by atoms with Crippen molar-refractivity contribution in [3.63, 3.8) is 0 Å². The molecule has 44 heavy (non-hydrogen) atoms. The predicted octanol–water partition coefficient (Wildman–Crippen LogP) is 10.2. The molecule has 1 aliphatic rings. The topological polar surface area (TPSA) is 51.5 Å². The van der Waals surface area contributed by atoms with Crippen molar-refractivity contribution in [2.45, 2.75) is 25.3 Å². The highest BCUT2D eigenvalue weighted by Crippen LogP contribution is 2.51. The summed E-state index contributed by atoms with van der Waals surface area (Å²) in [7, 11) is 0. The average Bonchev–Trinajstić information content (AvgIpc) is 3.54. The number of aliphatic imine (C=N–C) groups is 1. The van der Waals surface area contributed by atoms with Gasteiger partial charge in [0, 0.05) is 21.8 Å². The second kappa shape index (κ2) is 10.1. The molecule has 0 radical (unpaired) electrons. The smallest absolute Gasteiger partial charge is 0.135 e. The number of hydrogen-bond acceptors (Lipinski definition) is 2. The highest BCUT2D eigenvalue weighted by molar-refractivity contribution is 6.05. The molecule has 7 aromatic rings. The predicted molar refractivity (Wildman–Crippen MR) is 184 cm³/mol. The maximum atomic E-state index is 6.62. The van der Waals surface area contributed by atoms with Crippen LogP contribution in [0.2, 0.25) is 0 Å². The van der Waals surface area contributed by atoms with E-state index in [2.05, 4.69) is 98.8 Å². The van der Waals surface area contributed by atoms with Crippen molar-refractivity contribution in [3.8, 4) is 11.1 Å². The molecular weight excluding hydrogens is 536 g/mol. The Morgan fingerprint density at radius 2 is 1.43 bits per heavy atom. The van der Waals surface area contributed by atoms with Crippen molar-refractivity contribution in [1.82, 2.24) is 0 Å². The summed E-state index contributed by atoms with van der Waals surface area (Å²) in [6.45, 7) is 4.66. The van der Waals surface area contributed by atoms with Crippen molar-refractivity contribution in [2.75, 3.05) is 0 Å². The summed E-state index contributed by atoms with van der Waals surface area (Å²) in [5.41, 5.74) is 16.7. The molecule has 0 amide bonds. The van der Waals surface area contributed by atoms with Gasteiger partial charge in [-0.05, 0) is 74.5 Å². The standard InChI is InChI=1S/C41H32N2O/c1-41(2)34-17-10-15-26(39(34)33-23-28-13-6-7-14-29(28)25-35(33)41)19-21-36(43-40(42)27-11-4-3-5-12-27)30-20-22-38-32(24-30)31-16-8-9-18-37(31)44-38/h3-25,36H,1-2H3,(H2,42,43)/b21-19+. The van der Waals surface area contributed by atoms with Crippen molar-refractivity contribution in [1.29, 1.82) is 0 Å². The van der Waals surface area contributed by atoms with Crippen molar-refractivity contribution < 1.29 is 4.42 Å². The van der Waals surface area contributed by atoms with E-state index < -0.39 is 0 Å². The van der Waals surface area contributed by atoms with E-state index in [4.69, 9.17) is 15.1 Å². The van der Waals surface area contributed by atoms with E-state index in [1.165, 1.54) is 38.6 Å². The molecular formula is C41H32N2O. The summed E-state index contributed by atoms with van der Waals surface area (Å²) in [6, 6.07) is 44.2. The highest BCUT2D eigenvalue weighted by atomic mass is 16.3. The third-order valence-electron chi connectivity index (χ3n) is 9.15. The molecule has 0 saturated heterocycles. The normalized spacial score (nSPS) is 14.8. The number of nitrogens with two attached hydrogens (primary N) is 1. The summed E-state index contributed by atoms with van der Waals surface area (Å²) in [6.07, 6.45) is 4.41. The molecule has 2 N–H and O–H groups in total. The van der Waals surface area contributed by atoms with Crippen LogP contribution < -0.4 is 5.73 Å². The van der Waals surface area contributed by atoms with E-state index in [0.29, 0.717) is 5.84 Å². The Morgan fingerprint density at radius 3 is 2.27 bits per heavy atom. The largest absolute Gasteiger partial charge is 0.456 e. The van der Waals surface area contributed by atoms with Crippen molar-refractivity contribution in [3.05, 3.63) is 161 Å². The molecule has 1 heterocycles. The number of hydrogen-bond donors (Lipinski definition) is 1. The van der Waals surface area contributed by atoms with Crippen LogP contribution in [0.4, 0.5) is 0 Å². The first-order valence-corrected chi connectivity index (χ1v) is 15.1. The van der Waals surface area contributed by atoms with Crippen LogP contribution in [-0.4, -0.2) is 5.84 Å². The molecule has 0 bridgehead atoms. The molecule has 3 heteroatoms. The van der Waals surface area contributed by atoms with E-state index in [9.17, 15) is 0 Å². The molecule has 212 valence electrons. The average molecular weight is 569 g/mol. The van der Waals surface area contributed by atoms with E-state index >= 15 is 0 Å². The van der Waals surface area contributed by atoms with Gasteiger partial charge in [0.25, 0.3) is 0 Å². The number of benzene rings is 6. The molecule has 0 spiro atoms. The van der Waals surface area contributed by atoms with Crippen LogP contribution in [0.15, 0.2) is 143 Å². The van der Waals surface area contributed by atoms with Crippen molar-refractivity contribution >= 4 is 44.6 Å². The number of para-hydroxylation sites is 1. The van der Waals surface area contributed by atoms with Gasteiger partial charge < -0.3 is 10.2 Å². The Bertz CT molecular complexity index is 2270. The minimum absolute atomic E-state index is 0.0960. The lowest BCUT2D eigenvalue weighted by molar-refractivity contribution is 0.661. The fourth-order valence-electron chi connectivity index (χ4n) is 6.82. The molecule has 6 aromatic carbocycles. The maximum Gasteiger partial charge on any atom is 0.135 e. The minimum atomic E-state index is -0.297. The maximum absolute atomic E-state index is 6.62. The summed E-state index contributed by atoms with van der Waals surface area (Å²) in [5.74, 6) is 0.508. The van der Waals surface area contributed by atoms with Gasteiger partial charge in [0.2, 0.25) is 0 Å². The van der Waals surface area contributed by atoms with E-state index in [1.54, 1.807) is 0 Å². The zero-order chi connectivity index (χ0) is 29.8. The van der Waals surface area contributed by atoms with Gasteiger partial charge in [-0.25, -0.2) is 0 Å². The number of amidine groups is 1. The van der Waals surface area contributed by atoms with Crippen LogP contribution in [0, 0.1) is 0 Å².